The molecule has 124 valence electrons. The highest BCUT2D eigenvalue weighted by atomic mass is 32.2. The van der Waals surface area contributed by atoms with Crippen LogP contribution in [-0.2, 0) is 15.7 Å². The summed E-state index contributed by atoms with van der Waals surface area (Å²) in [6.07, 6.45) is -3.81. The van der Waals surface area contributed by atoms with Crippen molar-refractivity contribution in [1.82, 2.24) is 0 Å². The molecule has 0 saturated carbocycles. The van der Waals surface area contributed by atoms with Gasteiger partial charge in [0.05, 0.1) is 23.6 Å². The predicted molar refractivity (Wildman–Crippen MR) is 84.4 cm³/mol. The minimum Gasteiger partial charge on any atom is -0.462 e. The quantitative estimate of drug-likeness (QED) is 0.760. The van der Waals surface area contributed by atoms with Gasteiger partial charge in [-0.3, -0.25) is 4.99 Å². The first-order chi connectivity index (χ1) is 10.9. The first-order valence-electron chi connectivity index (χ1n) is 7.15. The number of ether oxygens (including phenoxy) is 1. The Morgan fingerprint density at radius 3 is 2.43 bits per heavy atom. The highest BCUT2D eigenvalue weighted by molar-refractivity contribution is 8.04. The number of benzene rings is 1. The molecule has 1 aliphatic heterocycles. The van der Waals surface area contributed by atoms with Crippen molar-refractivity contribution in [2.75, 3.05) is 12.4 Å². The molecule has 1 aliphatic rings. The third-order valence-corrected chi connectivity index (χ3v) is 4.34. The van der Waals surface area contributed by atoms with E-state index in [1.54, 1.807) is 6.92 Å². The number of thioether (sulfide) groups is 1. The number of aliphatic imine (C=N–C) groups is 1. The van der Waals surface area contributed by atoms with Gasteiger partial charge in [0, 0.05) is 5.75 Å². The third kappa shape index (κ3) is 4.16. The van der Waals surface area contributed by atoms with Crippen molar-refractivity contribution >= 4 is 23.4 Å². The van der Waals surface area contributed by atoms with Crippen LogP contribution in [0.1, 0.15) is 31.4 Å². The molecule has 1 heterocycles. The summed E-state index contributed by atoms with van der Waals surface area (Å²) in [4.78, 5) is 16.8. The third-order valence-electron chi connectivity index (χ3n) is 3.23. The van der Waals surface area contributed by atoms with E-state index in [1.807, 2.05) is 6.92 Å². The van der Waals surface area contributed by atoms with E-state index in [4.69, 9.17) is 4.74 Å². The Kier molecular flexibility index (Phi) is 5.51. The lowest BCUT2D eigenvalue weighted by Gasteiger charge is -2.17. The van der Waals surface area contributed by atoms with E-state index in [-0.39, 0.29) is 6.61 Å². The number of hydrogen-bond donors (Lipinski definition) is 0. The average Bonchev–Trinajstić information content (AvgIpc) is 2.53. The van der Waals surface area contributed by atoms with Crippen LogP contribution < -0.4 is 0 Å². The summed E-state index contributed by atoms with van der Waals surface area (Å²) in [7, 11) is 0. The molecule has 0 amide bonds. The number of carbonyl (C=O) groups is 1. The van der Waals surface area contributed by atoms with Gasteiger partial charge in [-0.15, -0.1) is 11.8 Å². The van der Waals surface area contributed by atoms with E-state index < -0.39 is 17.7 Å². The minimum absolute atomic E-state index is 0.287. The number of carbonyl (C=O) groups excluding carboxylic acids is 1. The largest absolute Gasteiger partial charge is 0.462 e. The fraction of sp³-hybridized carbons (Fsp3) is 0.375. The van der Waals surface area contributed by atoms with Gasteiger partial charge >= 0.3 is 12.1 Å². The Labute approximate surface area is 136 Å². The Bertz CT molecular complexity index is 648. The van der Waals surface area contributed by atoms with Crippen LogP contribution in [0.4, 0.5) is 13.2 Å². The minimum atomic E-state index is -4.35. The maximum Gasteiger partial charge on any atom is 0.416 e. The molecule has 0 spiro atoms. The lowest BCUT2D eigenvalue weighted by Crippen LogP contribution is -2.16. The molecule has 2 rings (SSSR count). The fourth-order valence-electron chi connectivity index (χ4n) is 2.08. The van der Waals surface area contributed by atoms with Crippen LogP contribution in [0.15, 0.2) is 39.9 Å². The summed E-state index contributed by atoms with van der Waals surface area (Å²) in [6, 6.07) is 4.90. The normalized spacial score (nSPS) is 15.4. The molecule has 1 aromatic rings. The van der Waals surface area contributed by atoms with E-state index in [0.29, 0.717) is 34.1 Å². The van der Waals surface area contributed by atoms with Crippen LogP contribution in [0.25, 0.3) is 0 Å². The molecule has 0 unspecified atom stereocenters. The van der Waals surface area contributed by atoms with Crippen molar-refractivity contribution in [3.8, 4) is 0 Å². The van der Waals surface area contributed by atoms with E-state index in [2.05, 4.69) is 4.99 Å². The first-order valence-corrected chi connectivity index (χ1v) is 8.13. The van der Waals surface area contributed by atoms with E-state index >= 15 is 0 Å². The van der Waals surface area contributed by atoms with Gasteiger partial charge in [0.15, 0.2) is 0 Å². The molecule has 0 radical (unpaired) electrons. The molecule has 0 fully saturated rings. The summed E-state index contributed by atoms with van der Waals surface area (Å²) >= 11 is 1.31. The molecular formula is C16H16F3NO2S. The van der Waals surface area contributed by atoms with Crippen molar-refractivity contribution in [2.45, 2.75) is 26.4 Å². The SMILES string of the molecule is CCOC(=O)C1=C(CC)N=C(c2ccc(C(F)(F)F)cc2)CS1. The molecule has 0 aromatic heterocycles. The molecular weight excluding hydrogens is 327 g/mol. The van der Waals surface area contributed by atoms with Gasteiger partial charge in [0.2, 0.25) is 0 Å². The number of allylic oxidation sites excluding steroid dienone is 1. The standard InChI is InChI=1S/C16H16F3NO2S/c1-3-12-14(15(21)22-4-2)23-9-13(20-12)10-5-7-11(8-6-10)16(17,18)19/h5-8H,3-4,9H2,1-2H3. The number of alkyl halides is 3. The van der Waals surface area contributed by atoms with Crippen LogP contribution in [0.3, 0.4) is 0 Å². The van der Waals surface area contributed by atoms with Crippen LogP contribution in [-0.4, -0.2) is 24.0 Å². The second-order valence-corrected chi connectivity index (χ2v) is 5.76. The average molecular weight is 343 g/mol. The van der Waals surface area contributed by atoms with Gasteiger partial charge in [0.25, 0.3) is 0 Å². The van der Waals surface area contributed by atoms with Gasteiger partial charge in [-0.05, 0) is 31.0 Å². The Balaban J connectivity index is 2.29. The Hall–Kier alpha value is -1.76. The zero-order valence-corrected chi connectivity index (χ0v) is 13.6. The zero-order valence-electron chi connectivity index (χ0n) is 12.7. The molecule has 0 atom stereocenters. The predicted octanol–water partition coefficient (Wildman–Crippen LogP) is 4.43. The Morgan fingerprint density at radius 1 is 1.26 bits per heavy atom. The maximum atomic E-state index is 12.6. The number of esters is 1. The summed E-state index contributed by atoms with van der Waals surface area (Å²) in [5.41, 5.74) is 1.20. The van der Waals surface area contributed by atoms with Crippen molar-refractivity contribution in [1.29, 1.82) is 0 Å². The topological polar surface area (TPSA) is 38.7 Å². The lowest BCUT2D eigenvalue weighted by atomic mass is 10.1. The van der Waals surface area contributed by atoms with Gasteiger partial charge in [-0.25, -0.2) is 4.79 Å². The fourth-order valence-corrected chi connectivity index (χ4v) is 3.13. The van der Waals surface area contributed by atoms with Crippen molar-refractivity contribution in [3.63, 3.8) is 0 Å². The summed E-state index contributed by atoms with van der Waals surface area (Å²) in [5, 5.41) is 0. The molecule has 0 bridgehead atoms. The highest BCUT2D eigenvalue weighted by Gasteiger charge is 2.30. The first kappa shape index (κ1) is 17.6. The van der Waals surface area contributed by atoms with Gasteiger partial charge < -0.3 is 4.74 Å². The number of hydrogen-bond acceptors (Lipinski definition) is 4. The van der Waals surface area contributed by atoms with Crippen LogP contribution in [0.5, 0.6) is 0 Å². The lowest BCUT2D eigenvalue weighted by molar-refractivity contribution is -0.138. The second kappa shape index (κ2) is 7.21. The Morgan fingerprint density at radius 2 is 1.91 bits per heavy atom. The van der Waals surface area contributed by atoms with Gasteiger partial charge in [0.1, 0.15) is 4.91 Å². The molecule has 0 saturated heterocycles. The highest BCUT2D eigenvalue weighted by Crippen LogP contribution is 2.32. The van der Waals surface area contributed by atoms with E-state index in [0.717, 1.165) is 12.1 Å². The smallest absolute Gasteiger partial charge is 0.416 e. The maximum absolute atomic E-state index is 12.6. The van der Waals surface area contributed by atoms with Crippen molar-refractivity contribution < 1.29 is 22.7 Å². The van der Waals surface area contributed by atoms with Gasteiger partial charge in [-0.1, -0.05) is 19.1 Å². The van der Waals surface area contributed by atoms with Crippen LogP contribution in [0.2, 0.25) is 0 Å². The molecule has 0 aliphatic carbocycles. The monoisotopic (exact) mass is 343 g/mol. The van der Waals surface area contributed by atoms with E-state index in [1.165, 1.54) is 23.9 Å². The summed E-state index contributed by atoms with van der Waals surface area (Å²) in [5.74, 6) is 0.0211. The molecule has 1 aromatic carbocycles. The van der Waals surface area contributed by atoms with Gasteiger partial charge in [-0.2, -0.15) is 13.2 Å². The second-order valence-electron chi connectivity index (χ2n) is 4.77. The summed E-state index contributed by atoms with van der Waals surface area (Å²) in [6.45, 7) is 3.89. The van der Waals surface area contributed by atoms with Crippen molar-refractivity contribution in [3.05, 3.63) is 46.0 Å². The number of rotatable bonds is 4. The van der Waals surface area contributed by atoms with Crippen LogP contribution >= 0.6 is 11.8 Å². The molecule has 0 N–H and O–H groups in total. The number of halogens is 3. The van der Waals surface area contributed by atoms with Crippen molar-refractivity contribution in [2.24, 2.45) is 4.99 Å². The molecule has 23 heavy (non-hydrogen) atoms. The summed E-state index contributed by atoms with van der Waals surface area (Å²) < 4.78 is 42.8. The molecule has 7 heteroatoms. The molecule has 3 nitrogen and oxygen atoms in total. The van der Waals surface area contributed by atoms with Crippen LogP contribution in [0, 0.1) is 0 Å². The van der Waals surface area contributed by atoms with E-state index in [9.17, 15) is 18.0 Å². The number of nitrogens with zero attached hydrogens (tertiary/aromatic N) is 1. The zero-order chi connectivity index (χ0) is 17.0.